The number of benzene rings is 2. The largest absolute Gasteiger partial charge is 0.487 e. The van der Waals surface area contributed by atoms with Crippen LogP contribution in [0.1, 0.15) is 15.9 Å². The molecule has 0 unspecified atom stereocenters. The van der Waals surface area contributed by atoms with Crippen LogP contribution in [-0.2, 0) is 6.61 Å². The van der Waals surface area contributed by atoms with Gasteiger partial charge in [-0.25, -0.2) is 0 Å². The molecule has 0 spiro atoms. The number of ether oxygens (including phenoxy) is 1. The van der Waals surface area contributed by atoms with Crippen LogP contribution in [0.4, 0.5) is 5.69 Å². The van der Waals surface area contributed by atoms with Gasteiger partial charge in [0.2, 0.25) is 0 Å². The highest BCUT2D eigenvalue weighted by Gasteiger charge is 2.07. The van der Waals surface area contributed by atoms with Gasteiger partial charge in [-0.3, -0.25) is 4.79 Å². The first-order valence-electron chi connectivity index (χ1n) is 6.14. The Hall–Kier alpha value is -2.29. The lowest BCUT2D eigenvalue weighted by Gasteiger charge is -2.18. The molecule has 2 aromatic carbocycles. The molecule has 0 radical (unpaired) electrons. The minimum absolute atomic E-state index is 0.490. The van der Waals surface area contributed by atoms with Gasteiger partial charge in [-0.1, -0.05) is 30.3 Å². The quantitative estimate of drug-likeness (QED) is 0.769. The molecule has 2 aromatic rings. The van der Waals surface area contributed by atoms with E-state index in [-0.39, 0.29) is 0 Å². The van der Waals surface area contributed by atoms with Crippen molar-refractivity contribution in [2.24, 2.45) is 0 Å². The van der Waals surface area contributed by atoms with Crippen molar-refractivity contribution >= 4 is 12.0 Å². The van der Waals surface area contributed by atoms with Crippen LogP contribution in [0.2, 0.25) is 0 Å². The maximum absolute atomic E-state index is 10.8. The van der Waals surface area contributed by atoms with Crippen LogP contribution in [0.5, 0.6) is 5.75 Å². The Morgan fingerprint density at radius 1 is 1.11 bits per heavy atom. The maximum atomic E-state index is 10.8. The normalized spacial score (nSPS) is 10.0. The molecule has 0 aromatic heterocycles. The van der Waals surface area contributed by atoms with Gasteiger partial charge in [-0.15, -0.1) is 0 Å². The number of anilines is 1. The SMILES string of the molecule is CN(C)c1ccc(C=O)cc1OCc1ccccc1. The van der Waals surface area contributed by atoms with E-state index >= 15 is 0 Å². The fraction of sp³-hybridized carbons (Fsp3) is 0.188. The van der Waals surface area contributed by atoms with Gasteiger partial charge in [0.05, 0.1) is 5.69 Å². The second kappa shape index (κ2) is 6.05. The zero-order chi connectivity index (χ0) is 13.7. The van der Waals surface area contributed by atoms with Gasteiger partial charge in [0.15, 0.2) is 0 Å². The first-order valence-corrected chi connectivity index (χ1v) is 6.14. The number of hydrogen-bond donors (Lipinski definition) is 0. The van der Waals surface area contributed by atoms with Gasteiger partial charge in [-0.05, 0) is 23.8 Å². The smallest absolute Gasteiger partial charge is 0.150 e. The molecule has 19 heavy (non-hydrogen) atoms. The third-order valence-corrected chi connectivity index (χ3v) is 2.84. The molecule has 2 rings (SSSR count). The molecule has 0 aliphatic carbocycles. The summed E-state index contributed by atoms with van der Waals surface area (Å²) in [4.78, 5) is 12.8. The van der Waals surface area contributed by atoms with Gasteiger partial charge in [-0.2, -0.15) is 0 Å². The molecule has 3 nitrogen and oxygen atoms in total. The first kappa shape index (κ1) is 13.1. The predicted octanol–water partition coefficient (Wildman–Crippen LogP) is 3.14. The van der Waals surface area contributed by atoms with E-state index in [0.29, 0.717) is 12.2 Å². The van der Waals surface area contributed by atoms with Crippen LogP contribution < -0.4 is 9.64 Å². The van der Waals surface area contributed by atoms with E-state index in [0.717, 1.165) is 23.3 Å². The number of rotatable bonds is 5. The molecule has 0 saturated carbocycles. The Morgan fingerprint density at radius 3 is 2.47 bits per heavy atom. The van der Waals surface area contributed by atoms with Gasteiger partial charge < -0.3 is 9.64 Å². The summed E-state index contributed by atoms with van der Waals surface area (Å²) in [6.45, 7) is 0.490. The van der Waals surface area contributed by atoms with Crippen molar-refractivity contribution in [2.45, 2.75) is 6.61 Å². The summed E-state index contributed by atoms with van der Waals surface area (Å²) in [6.07, 6.45) is 0.828. The lowest BCUT2D eigenvalue weighted by molar-refractivity contribution is 0.112. The topological polar surface area (TPSA) is 29.5 Å². The molecule has 0 bridgehead atoms. The standard InChI is InChI=1S/C16H17NO2/c1-17(2)15-9-8-14(11-18)10-16(15)19-12-13-6-4-3-5-7-13/h3-11H,12H2,1-2H3. The molecule has 0 atom stereocenters. The maximum Gasteiger partial charge on any atom is 0.150 e. The molecule has 0 amide bonds. The minimum atomic E-state index is 0.490. The van der Waals surface area contributed by atoms with Crippen molar-refractivity contribution in [1.82, 2.24) is 0 Å². The van der Waals surface area contributed by atoms with Crippen LogP contribution in [0, 0.1) is 0 Å². The molecule has 0 aliphatic heterocycles. The lowest BCUT2D eigenvalue weighted by atomic mass is 10.2. The van der Waals surface area contributed by atoms with Crippen molar-refractivity contribution in [3.8, 4) is 5.75 Å². The highest BCUT2D eigenvalue weighted by atomic mass is 16.5. The number of carbonyl (C=O) groups is 1. The lowest BCUT2D eigenvalue weighted by Crippen LogP contribution is -2.11. The Balaban J connectivity index is 2.20. The van der Waals surface area contributed by atoms with Crippen LogP contribution in [0.3, 0.4) is 0 Å². The number of carbonyl (C=O) groups excluding carboxylic acids is 1. The van der Waals surface area contributed by atoms with Crippen molar-refractivity contribution < 1.29 is 9.53 Å². The van der Waals surface area contributed by atoms with Crippen LogP contribution in [-0.4, -0.2) is 20.4 Å². The summed E-state index contributed by atoms with van der Waals surface area (Å²) in [7, 11) is 3.90. The fourth-order valence-electron chi connectivity index (χ4n) is 1.82. The number of hydrogen-bond acceptors (Lipinski definition) is 3. The van der Waals surface area contributed by atoms with Crippen molar-refractivity contribution in [3.05, 3.63) is 59.7 Å². The highest BCUT2D eigenvalue weighted by molar-refractivity contribution is 5.78. The van der Waals surface area contributed by atoms with E-state index in [1.165, 1.54) is 0 Å². The highest BCUT2D eigenvalue weighted by Crippen LogP contribution is 2.28. The predicted molar refractivity (Wildman–Crippen MR) is 76.9 cm³/mol. The van der Waals surface area contributed by atoms with Crippen molar-refractivity contribution in [1.29, 1.82) is 0 Å². The zero-order valence-electron chi connectivity index (χ0n) is 11.2. The molecule has 0 saturated heterocycles. The monoisotopic (exact) mass is 255 g/mol. The van der Waals surface area contributed by atoms with Crippen LogP contribution in [0.15, 0.2) is 48.5 Å². The molecule has 0 heterocycles. The Kier molecular flexibility index (Phi) is 4.18. The molecular formula is C16H17NO2. The van der Waals surface area contributed by atoms with Gasteiger partial charge >= 0.3 is 0 Å². The van der Waals surface area contributed by atoms with Gasteiger partial charge in [0, 0.05) is 19.7 Å². The molecule has 98 valence electrons. The average molecular weight is 255 g/mol. The number of nitrogens with zero attached hydrogens (tertiary/aromatic N) is 1. The van der Waals surface area contributed by atoms with Crippen LogP contribution >= 0.6 is 0 Å². The van der Waals surface area contributed by atoms with Crippen molar-refractivity contribution in [3.63, 3.8) is 0 Å². The zero-order valence-corrected chi connectivity index (χ0v) is 11.2. The first-order chi connectivity index (χ1) is 9.20. The third-order valence-electron chi connectivity index (χ3n) is 2.84. The summed E-state index contributed by atoms with van der Waals surface area (Å²) >= 11 is 0. The average Bonchev–Trinajstić information content (AvgIpc) is 2.45. The van der Waals surface area contributed by atoms with E-state index < -0.39 is 0 Å². The van der Waals surface area contributed by atoms with Crippen molar-refractivity contribution in [2.75, 3.05) is 19.0 Å². The number of aldehydes is 1. The van der Waals surface area contributed by atoms with E-state index in [4.69, 9.17) is 4.74 Å². The van der Waals surface area contributed by atoms with E-state index in [9.17, 15) is 4.79 Å². The third kappa shape index (κ3) is 3.35. The van der Waals surface area contributed by atoms with Gasteiger partial charge in [0.25, 0.3) is 0 Å². The molecule has 3 heteroatoms. The second-order valence-electron chi connectivity index (χ2n) is 4.51. The van der Waals surface area contributed by atoms with E-state index in [1.807, 2.05) is 55.4 Å². The summed E-state index contributed by atoms with van der Waals surface area (Å²) in [5.74, 6) is 0.721. The summed E-state index contributed by atoms with van der Waals surface area (Å²) in [5.41, 5.74) is 2.68. The molecule has 0 N–H and O–H groups in total. The Labute approximate surface area is 113 Å². The van der Waals surface area contributed by atoms with E-state index in [2.05, 4.69) is 0 Å². The Morgan fingerprint density at radius 2 is 1.84 bits per heavy atom. The fourth-order valence-corrected chi connectivity index (χ4v) is 1.82. The Bertz CT molecular complexity index is 550. The molecule has 0 aliphatic rings. The van der Waals surface area contributed by atoms with E-state index in [1.54, 1.807) is 12.1 Å². The second-order valence-corrected chi connectivity index (χ2v) is 4.51. The molecule has 0 fully saturated rings. The van der Waals surface area contributed by atoms with Crippen LogP contribution in [0.25, 0.3) is 0 Å². The molecular weight excluding hydrogens is 238 g/mol. The summed E-state index contributed by atoms with van der Waals surface area (Å²) in [6, 6.07) is 15.4. The minimum Gasteiger partial charge on any atom is -0.487 e. The summed E-state index contributed by atoms with van der Waals surface area (Å²) in [5, 5.41) is 0. The summed E-state index contributed by atoms with van der Waals surface area (Å²) < 4.78 is 5.83. The van der Waals surface area contributed by atoms with Gasteiger partial charge in [0.1, 0.15) is 18.6 Å².